The first-order valence-electron chi connectivity index (χ1n) is 6.84. The number of hydrogen-bond acceptors (Lipinski definition) is 2. The van der Waals surface area contributed by atoms with Gasteiger partial charge in [0.15, 0.2) is 0 Å². The number of aliphatic hydroxyl groups excluding tert-OH is 1. The molecule has 0 aliphatic rings. The third kappa shape index (κ3) is 5.65. The molecule has 18 heavy (non-hydrogen) atoms. The van der Waals surface area contributed by atoms with Gasteiger partial charge in [-0.1, -0.05) is 51.1 Å². The molecule has 0 heterocycles. The Kier molecular flexibility index (Phi) is 5.83. The maximum atomic E-state index is 9.01. The number of hydrogen-bond donors (Lipinski definition) is 2. The van der Waals surface area contributed by atoms with Crippen LogP contribution < -0.4 is 5.32 Å². The SMILES string of the molecule is CC(CCO)NC(CC(C)(C)C)c1ccccc1. The summed E-state index contributed by atoms with van der Waals surface area (Å²) in [4.78, 5) is 0. The zero-order chi connectivity index (χ0) is 13.6. The summed E-state index contributed by atoms with van der Waals surface area (Å²) in [5, 5.41) is 12.6. The van der Waals surface area contributed by atoms with E-state index in [9.17, 15) is 0 Å². The lowest BCUT2D eigenvalue weighted by Gasteiger charge is -2.29. The summed E-state index contributed by atoms with van der Waals surface area (Å²) in [7, 11) is 0. The summed E-state index contributed by atoms with van der Waals surface area (Å²) < 4.78 is 0. The Morgan fingerprint density at radius 3 is 2.28 bits per heavy atom. The van der Waals surface area contributed by atoms with E-state index in [1.54, 1.807) is 0 Å². The smallest absolute Gasteiger partial charge is 0.0445 e. The van der Waals surface area contributed by atoms with Crippen molar-refractivity contribution in [1.82, 2.24) is 5.32 Å². The second-order valence-corrected chi connectivity index (χ2v) is 6.31. The Balaban J connectivity index is 2.76. The van der Waals surface area contributed by atoms with E-state index >= 15 is 0 Å². The molecular formula is C16H27NO. The molecule has 0 spiro atoms. The molecule has 2 N–H and O–H groups in total. The van der Waals surface area contributed by atoms with Crippen LogP contribution in [0.5, 0.6) is 0 Å². The number of rotatable bonds is 6. The Labute approximate surface area is 111 Å². The molecule has 1 aromatic rings. The van der Waals surface area contributed by atoms with Gasteiger partial charge >= 0.3 is 0 Å². The van der Waals surface area contributed by atoms with Gasteiger partial charge in [-0.05, 0) is 30.7 Å². The second kappa shape index (κ2) is 6.91. The lowest BCUT2D eigenvalue weighted by molar-refractivity contribution is 0.247. The monoisotopic (exact) mass is 249 g/mol. The number of nitrogens with one attached hydrogen (secondary N) is 1. The summed E-state index contributed by atoms with van der Waals surface area (Å²) in [6.45, 7) is 9.17. The van der Waals surface area contributed by atoms with Gasteiger partial charge in [0.05, 0.1) is 0 Å². The van der Waals surface area contributed by atoms with E-state index < -0.39 is 0 Å². The molecule has 1 rings (SSSR count). The normalized spacial score (nSPS) is 15.4. The highest BCUT2D eigenvalue weighted by molar-refractivity contribution is 5.19. The highest BCUT2D eigenvalue weighted by Gasteiger charge is 2.21. The van der Waals surface area contributed by atoms with Gasteiger partial charge in [-0.2, -0.15) is 0 Å². The van der Waals surface area contributed by atoms with Crippen LogP contribution in [0.1, 0.15) is 52.1 Å². The maximum absolute atomic E-state index is 9.01. The molecule has 0 amide bonds. The van der Waals surface area contributed by atoms with Gasteiger partial charge in [0, 0.05) is 18.7 Å². The fraction of sp³-hybridized carbons (Fsp3) is 0.625. The van der Waals surface area contributed by atoms with E-state index in [4.69, 9.17) is 5.11 Å². The number of benzene rings is 1. The van der Waals surface area contributed by atoms with Gasteiger partial charge in [0.1, 0.15) is 0 Å². The van der Waals surface area contributed by atoms with Crippen LogP contribution in [0, 0.1) is 5.41 Å². The molecule has 0 aliphatic heterocycles. The maximum Gasteiger partial charge on any atom is 0.0445 e. The van der Waals surface area contributed by atoms with E-state index in [1.807, 2.05) is 0 Å². The summed E-state index contributed by atoms with van der Waals surface area (Å²) in [6, 6.07) is 11.3. The summed E-state index contributed by atoms with van der Waals surface area (Å²) in [5.41, 5.74) is 1.61. The molecule has 2 unspecified atom stereocenters. The Bertz CT molecular complexity index is 329. The largest absolute Gasteiger partial charge is 0.396 e. The van der Waals surface area contributed by atoms with Gasteiger partial charge in [0.25, 0.3) is 0 Å². The number of aliphatic hydroxyl groups is 1. The Hall–Kier alpha value is -0.860. The van der Waals surface area contributed by atoms with Crippen molar-refractivity contribution in [2.45, 2.75) is 52.6 Å². The van der Waals surface area contributed by atoms with Gasteiger partial charge in [0.2, 0.25) is 0 Å². The van der Waals surface area contributed by atoms with E-state index in [1.165, 1.54) is 5.56 Å². The van der Waals surface area contributed by atoms with Crippen LogP contribution in [-0.2, 0) is 0 Å². The standard InChI is InChI=1S/C16H27NO/c1-13(10-11-18)17-15(12-16(2,3)4)14-8-6-5-7-9-14/h5-9,13,15,17-18H,10-12H2,1-4H3. The van der Waals surface area contributed by atoms with E-state index in [-0.39, 0.29) is 12.0 Å². The lowest BCUT2D eigenvalue weighted by atomic mass is 9.85. The summed E-state index contributed by atoms with van der Waals surface area (Å²) >= 11 is 0. The van der Waals surface area contributed by atoms with Crippen LogP contribution >= 0.6 is 0 Å². The van der Waals surface area contributed by atoms with Crippen molar-refractivity contribution in [2.24, 2.45) is 5.41 Å². The second-order valence-electron chi connectivity index (χ2n) is 6.31. The van der Waals surface area contributed by atoms with E-state index in [0.29, 0.717) is 12.1 Å². The molecule has 0 aliphatic carbocycles. The quantitative estimate of drug-likeness (QED) is 0.808. The Morgan fingerprint density at radius 1 is 1.17 bits per heavy atom. The van der Waals surface area contributed by atoms with Crippen LogP contribution in [-0.4, -0.2) is 17.8 Å². The lowest BCUT2D eigenvalue weighted by Crippen LogP contribution is -2.33. The molecule has 1 aromatic carbocycles. The van der Waals surface area contributed by atoms with E-state index in [2.05, 4.69) is 63.3 Å². The molecule has 2 atom stereocenters. The van der Waals surface area contributed by atoms with Crippen molar-refractivity contribution in [3.63, 3.8) is 0 Å². The fourth-order valence-corrected chi connectivity index (χ4v) is 2.19. The molecule has 0 aromatic heterocycles. The van der Waals surface area contributed by atoms with Gasteiger partial charge in [-0.3, -0.25) is 0 Å². The summed E-state index contributed by atoms with van der Waals surface area (Å²) in [5.74, 6) is 0. The fourth-order valence-electron chi connectivity index (χ4n) is 2.19. The molecule has 0 saturated heterocycles. The van der Waals surface area contributed by atoms with Crippen molar-refractivity contribution >= 4 is 0 Å². The average Bonchev–Trinajstić information content (AvgIpc) is 2.28. The first-order valence-corrected chi connectivity index (χ1v) is 6.84. The summed E-state index contributed by atoms with van der Waals surface area (Å²) in [6.07, 6.45) is 1.89. The van der Waals surface area contributed by atoms with Gasteiger partial charge in [-0.25, -0.2) is 0 Å². The highest BCUT2D eigenvalue weighted by atomic mass is 16.3. The predicted octanol–water partition coefficient (Wildman–Crippen LogP) is 3.52. The van der Waals surface area contributed by atoms with Crippen LogP contribution in [0.3, 0.4) is 0 Å². The van der Waals surface area contributed by atoms with E-state index in [0.717, 1.165) is 12.8 Å². The van der Waals surface area contributed by atoms with Crippen LogP contribution in [0.15, 0.2) is 30.3 Å². The molecule has 2 nitrogen and oxygen atoms in total. The van der Waals surface area contributed by atoms with Crippen molar-refractivity contribution in [1.29, 1.82) is 0 Å². The minimum absolute atomic E-state index is 0.241. The molecule has 2 heteroatoms. The molecule has 0 bridgehead atoms. The van der Waals surface area contributed by atoms with Crippen molar-refractivity contribution in [2.75, 3.05) is 6.61 Å². The molecule has 0 radical (unpaired) electrons. The van der Waals surface area contributed by atoms with Gasteiger partial charge < -0.3 is 10.4 Å². The van der Waals surface area contributed by atoms with Crippen molar-refractivity contribution < 1.29 is 5.11 Å². The minimum atomic E-state index is 0.241. The van der Waals surface area contributed by atoms with Crippen LogP contribution in [0.25, 0.3) is 0 Å². The van der Waals surface area contributed by atoms with Crippen LogP contribution in [0.2, 0.25) is 0 Å². The highest BCUT2D eigenvalue weighted by Crippen LogP contribution is 2.29. The third-order valence-electron chi connectivity index (χ3n) is 3.07. The average molecular weight is 249 g/mol. The zero-order valence-electron chi connectivity index (χ0n) is 12.1. The van der Waals surface area contributed by atoms with Crippen molar-refractivity contribution in [3.05, 3.63) is 35.9 Å². The van der Waals surface area contributed by atoms with Gasteiger partial charge in [-0.15, -0.1) is 0 Å². The molecule has 0 fully saturated rings. The molecular weight excluding hydrogens is 222 g/mol. The topological polar surface area (TPSA) is 32.3 Å². The minimum Gasteiger partial charge on any atom is -0.396 e. The third-order valence-corrected chi connectivity index (χ3v) is 3.07. The van der Waals surface area contributed by atoms with Crippen molar-refractivity contribution in [3.8, 4) is 0 Å². The molecule has 102 valence electrons. The predicted molar refractivity (Wildman–Crippen MR) is 77.6 cm³/mol. The zero-order valence-corrected chi connectivity index (χ0v) is 12.1. The first-order chi connectivity index (χ1) is 8.42. The van der Waals surface area contributed by atoms with Crippen LogP contribution in [0.4, 0.5) is 0 Å². The first kappa shape index (κ1) is 15.2. The Morgan fingerprint density at radius 2 is 1.78 bits per heavy atom. The molecule has 0 saturated carbocycles.